The fraction of sp³-hybridized carbons (Fsp3) is 0.586. The third-order valence-electron chi connectivity index (χ3n) is 7.08. The summed E-state index contributed by atoms with van der Waals surface area (Å²) in [6.07, 6.45) is 0. The van der Waals surface area contributed by atoms with Crippen molar-refractivity contribution in [2.75, 3.05) is 0 Å². The van der Waals surface area contributed by atoms with E-state index < -0.39 is 0 Å². The molecule has 29 heavy (non-hydrogen) atoms. The minimum absolute atomic E-state index is 0.0552. The molecule has 2 aromatic carbocycles. The molecule has 0 aliphatic heterocycles. The molecular weight excluding hydrogens is 348 g/mol. The Morgan fingerprint density at radius 2 is 0.724 bits per heavy atom. The molecule has 0 aliphatic rings. The molecule has 0 saturated heterocycles. The molecule has 0 spiro atoms. The summed E-state index contributed by atoms with van der Waals surface area (Å²) in [5, 5.41) is 0. The quantitative estimate of drug-likeness (QED) is 0.481. The third-order valence-corrected chi connectivity index (χ3v) is 7.08. The van der Waals surface area contributed by atoms with Crippen molar-refractivity contribution < 1.29 is 0 Å². The van der Waals surface area contributed by atoms with Gasteiger partial charge in [-0.3, -0.25) is 0 Å². The Morgan fingerprint density at radius 1 is 0.448 bits per heavy atom. The summed E-state index contributed by atoms with van der Waals surface area (Å²) in [6, 6.07) is 4.83. The van der Waals surface area contributed by atoms with Crippen molar-refractivity contribution in [1.29, 1.82) is 0 Å². The first kappa shape index (κ1) is 23.7. The second-order valence-corrected chi connectivity index (χ2v) is 11.9. The maximum absolute atomic E-state index is 2.44. The van der Waals surface area contributed by atoms with Crippen molar-refractivity contribution in [3.63, 3.8) is 0 Å². The van der Waals surface area contributed by atoms with Gasteiger partial charge in [-0.1, -0.05) is 67.5 Å². The van der Waals surface area contributed by atoms with Gasteiger partial charge in [0.25, 0.3) is 0 Å². The van der Waals surface area contributed by atoms with Crippen molar-refractivity contribution in [3.05, 3.63) is 67.8 Å². The van der Waals surface area contributed by atoms with Gasteiger partial charge < -0.3 is 0 Å². The lowest BCUT2D eigenvalue weighted by Crippen LogP contribution is -2.29. The van der Waals surface area contributed by atoms with Gasteiger partial charge >= 0.3 is 0 Å². The number of aryl methyl sites for hydroxylation is 2. The minimum atomic E-state index is -0.0552. The number of hydrogen-bond acceptors (Lipinski definition) is 0. The molecule has 2 rings (SSSR count). The van der Waals surface area contributed by atoms with Gasteiger partial charge in [-0.2, -0.15) is 0 Å². The highest BCUT2D eigenvalue weighted by Crippen LogP contribution is 2.45. The summed E-state index contributed by atoms with van der Waals surface area (Å²) in [4.78, 5) is 0. The van der Waals surface area contributed by atoms with Crippen molar-refractivity contribution in [3.8, 4) is 0 Å². The monoisotopic (exact) mass is 392 g/mol. The predicted molar refractivity (Wildman–Crippen MR) is 131 cm³/mol. The smallest absolute Gasteiger partial charge is 0.0157 e. The van der Waals surface area contributed by atoms with Gasteiger partial charge in [0.05, 0.1) is 0 Å². The van der Waals surface area contributed by atoms with Gasteiger partial charge in [-0.05, 0) is 108 Å². The van der Waals surface area contributed by atoms with E-state index in [0.29, 0.717) is 0 Å². The van der Waals surface area contributed by atoms with Gasteiger partial charge in [-0.25, -0.2) is 0 Å². The lowest BCUT2D eigenvalue weighted by molar-refractivity contribution is 0.562. The zero-order valence-electron chi connectivity index (χ0n) is 21.7. The Kier molecular flexibility index (Phi) is 5.96. The number of hydrogen-bond donors (Lipinski definition) is 0. The van der Waals surface area contributed by atoms with Gasteiger partial charge in [0.1, 0.15) is 0 Å². The van der Waals surface area contributed by atoms with E-state index in [1.807, 2.05) is 0 Å². The molecule has 0 aliphatic carbocycles. The lowest BCUT2D eigenvalue weighted by atomic mass is 9.66. The van der Waals surface area contributed by atoms with Gasteiger partial charge in [0.2, 0.25) is 0 Å². The molecule has 0 bridgehead atoms. The highest BCUT2D eigenvalue weighted by molar-refractivity contribution is 5.59. The lowest BCUT2D eigenvalue weighted by Gasteiger charge is -2.38. The van der Waals surface area contributed by atoms with Crippen LogP contribution in [0.3, 0.4) is 0 Å². The molecule has 0 amide bonds. The van der Waals surface area contributed by atoms with Crippen molar-refractivity contribution >= 4 is 0 Å². The van der Waals surface area contributed by atoms with Crippen LogP contribution in [-0.4, -0.2) is 0 Å². The summed E-state index contributed by atoms with van der Waals surface area (Å²) < 4.78 is 0. The van der Waals surface area contributed by atoms with Crippen LogP contribution in [0.15, 0.2) is 12.1 Å². The Morgan fingerprint density at radius 3 is 0.966 bits per heavy atom. The van der Waals surface area contributed by atoms with Crippen LogP contribution in [0.1, 0.15) is 111 Å². The first-order chi connectivity index (χ1) is 12.9. The summed E-state index contributed by atoms with van der Waals surface area (Å²) in [7, 11) is 0. The Labute approximate surface area is 181 Å². The maximum Gasteiger partial charge on any atom is 0.0157 e. The maximum atomic E-state index is 2.44. The van der Waals surface area contributed by atoms with Crippen LogP contribution in [0.4, 0.5) is 0 Å². The fourth-order valence-electron chi connectivity index (χ4n) is 5.65. The van der Waals surface area contributed by atoms with E-state index in [4.69, 9.17) is 0 Å². The first-order valence-electron chi connectivity index (χ1n) is 11.2. The van der Waals surface area contributed by atoms with E-state index in [2.05, 4.69) is 109 Å². The summed E-state index contributed by atoms with van der Waals surface area (Å²) in [6.45, 7) is 32.8. The SMILES string of the molecule is Cc1cc(C(C)(C)C)c(C)c(C(C)(C)c2c(C)c(C)cc(C(C)(C)C)c2C)c1C. The standard InChI is InChI=1S/C29H44/c1-17-15-23(27(7,8)9)21(5)25(19(17)3)29(13,14)26-20(4)18(2)16-24(22(26)6)28(10,11)12/h15-16H,1-14H3. The first-order valence-corrected chi connectivity index (χ1v) is 11.2. The molecule has 0 unspecified atom stereocenters. The second kappa shape index (κ2) is 7.29. The predicted octanol–water partition coefficient (Wildman–Crippen LogP) is 8.46. The van der Waals surface area contributed by atoms with E-state index in [1.165, 1.54) is 55.6 Å². The molecule has 0 heterocycles. The van der Waals surface area contributed by atoms with Gasteiger partial charge in [0, 0.05) is 5.41 Å². The van der Waals surface area contributed by atoms with E-state index in [0.717, 1.165) is 0 Å². The van der Waals surface area contributed by atoms with E-state index in [9.17, 15) is 0 Å². The second-order valence-electron chi connectivity index (χ2n) is 11.9. The van der Waals surface area contributed by atoms with E-state index in [-0.39, 0.29) is 16.2 Å². The van der Waals surface area contributed by atoms with Crippen LogP contribution in [0.25, 0.3) is 0 Å². The molecule has 0 aromatic heterocycles. The molecule has 0 saturated carbocycles. The van der Waals surface area contributed by atoms with Gasteiger partial charge in [-0.15, -0.1) is 0 Å². The van der Waals surface area contributed by atoms with Crippen molar-refractivity contribution in [2.24, 2.45) is 0 Å². The Balaban J connectivity index is 2.99. The zero-order valence-corrected chi connectivity index (χ0v) is 21.7. The zero-order chi connectivity index (χ0) is 22.7. The molecule has 0 nitrogen and oxygen atoms in total. The van der Waals surface area contributed by atoms with Crippen molar-refractivity contribution in [1.82, 2.24) is 0 Å². The highest BCUT2D eigenvalue weighted by Gasteiger charge is 2.34. The van der Waals surface area contributed by atoms with E-state index in [1.54, 1.807) is 0 Å². The van der Waals surface area contributed by atoms with E-state index >= 15 is 0 Å². The third kappa shape index (κ3) is 4.05. The molecule has 160 valence electrons. The normalized spacial score (nSPS) is 13.2. The summed E-state index contributed by atoms with van der Waals surface area (Å²) in [5.41, 5.74) is 14.8. The molecule has 0 atom stereocenters. The number of rotatable bonds is 2. The number of benzene rings is 2. The van der Waals surface area contributed by atoms with Crippen LogP contribution < -0.4 is 0 Å². The topological polar surface area (TPSA) is 0 Å². The summed E-state index contributed by atoms with van der Waals surface area (Å²) >= 11 is 0. The minimum Gasteiger partial charge on any atom is -0.0561 e. The average Bonchev–Trinajstić information content (AvgIpc) is 2.52. The molecular formula is C29H44. The molecule has 0 heteroatoms. The summed E-state index contributed by atoms with van der Waals surface area (Å²) in [5.74, 6) is 0. The molecule has 0 N–H and O–H groups in total. The van der Waals surface area contributed by atoms with Crippen LogP contribution >= 0.6 is 0 Å². The van der Waals surface area contributed by atoms with Crippen LogP contribution in [-0.2, 0) is 16.2 Å². The average molecular weight is 393 g/mol. The van der Waals surface area contributed by atoms with Gasteiger partial charge in [0.15, 0.2) is 0 Å². The molecule has 0 fully saturated rings. The Bertz CT molecular complexity index is 860. The molecule has 2 aromatic rings. The van der Waals surface area contributed by atoms with Crippen LogP contribution in [0.5, 0.6) is 0 Å². The van der Waals surface area contributed by atoms with Crippen LogP contribution in [0.2, 0.25) is 0 Å². The Hall–Kier alpha value is -1.56. The van der Waals surface area contributed by atoms with Crippen molar-refractivity contribution in [2.45, 2.75) is 113 Å². The molecule has 0 radical (unpaired) electrons. The van der Waals surface area contributed by atoms with Crippen LogP contribution in [0, 0.1) is 41.5 Å². The fourth-order valence-corrected chi connectivity index (χ4v) is 5.65. The largest absolute Gasteiger partial charge is 0.0561 e. The highest BCUT2D eigenvalue weighted by atomic mass is 14.4.